The van der Waals surface area contributed by atoms with E-state index >= 15 is 0 Å². The first kappa shape index (κ1) is 23.5. The van der Waals surface area contributed by atoms with E-state index in [0.29, 0.717) is 0 Å². The molecule has 1 rings (SSSR count). The SMILES string of the molecule is C.C.C.C=CC=Cc1ccccc1.CC. The lowest BCUT2D eigenvalue weighted by molar-refractivity contribution is 1.50. The second-order valence-electron chi connectivity index (χ2n) is 2.01. The number of hydrogen-bond acceptors (Lipinski definition) is 0. The molecule has 88 valence electrons. The van der Waals surface area contributed by atoms with E-state index in [9.17, 15) is 0 Å². The summed E-state index contributed by atoms with van der Waals surface area (Å²) in [7, 11) is 0. The Morgan fingerprint density at radius 2 is 1.40 bits per heavy atom. The van der Waals surface area contributed by atoms with Gasteiger partial charge in [0, 0.05) is 0 Å². The average Bonchev–Trinajstić information content (AvgIpc) is 2.19. The van der Waals surface area contributed by atoms with Gasteiger partial charge in [-0.15, -0.1) is 0 Å². The van der Waals surface area contributed by atoms with Crippen LogP contribution in [0.25, 0.3) is 6.08 Å². The van der Waals surface area contributed by atoms with Crippen LogP contribution in [-0.2, 0) is 0 Å². The van der Waals surface area contributed by atoms with Gasteiger partial charge in [0.25, 0.3) is 0 Å². The van der Waals surface area contributed by atoms with Crippen molar-refractivity contribution in [2.75, 3.05) is 0 Å². The van der Waals surface area contributed by atoms with Crippen molar-refractivity contribution in [2.24, 2.45) is 0 Å². The zero-order chi connectivity index (χ0) is 9.23. The molecule has 0 amide bonds. The Kier molecular flexibility index (Phi) is 28.9. The Bertz CT molecular complexity index is 219. The van der Waals surface area contributed by atoms with Gasteiger partial charge in [0.2, 0.25) is 0 Å². The molecule has 0 radical (unpaired) electrons. The summed E-state index contributed by atoms with van der Waals surface area (Å²) in [6.45, 7) is 7.59. The zero-order valence-electron chi connectivity index (χ0n) is 7.83. The second kappa shape index (κ2) is 18.5. The Hall–Kier alpha value is -1.30. The van der Waals surface area contributed by atoms with E-state index in [-0.39, 0.29) is 22.3 Å². The highest BCUT2D eigenvalue weighted by Gasteiger charge is 1.78. The molecule has 0 saturated carbocycles. The fraction of sp³-hybridized carbons (Fsp3) is 0.333. The van der Waals surface area contributed by atoms with Gasteiger partial charge in [-0.05, 0) is 5.56 Å². The monoisotopic (exact) mass is 208 g/mol. The molecule has 0 spiro atoms. The van der Waals surface area contributed by atoms with Gasteiger partial charge in [0.05, 0.1) is 0 Å². The third kappa shape index (κ3) is 12.7. The highest BCUT2D eigenvalue weighted by molar-refractivity contribution is 5.50. The van der Waals surface area contributed by atoms with E-state index in [1.54, 1.807) is 6.08 Å². The van der Waals surface area contributed by atoms with Gasteiger partial charge in [-0.2, -0.15) is 0 Å². The molecule has 15 heavy (non-hydrogen) atoms. The van der Waals surface area contributed by atoms with Crippen molar-refractivity contribution >= 4 is 6.08 Å². The van der Waals surface area contributed by atoms with Crippen LogP contribution < -0.4 is 0 Å². The molecule has 0 aliphatic rings. The predicted octanol–water partition coefficient (Wildman–Crippen LogP) is 5.82. The number of rotatable bonds is 2. The van der Waals surface area contributed by atoms with Gasteiger partial charge in [0.1, 0.15) is 0 Å². The molecule has 0 saturated heterocycles. The minimum atomic E-state index is 0. The van der Waals surface area contributed by atoms with Crippen molar-refractivity contribution < 1.29 is 0 Å². The molecule has 1 aromatic carbocycles. The summed E-state index contributed by atoms with van der Waals surface area (Å²) in [6, 6.07) is 10.1. The fourth-order valence-electron chi connectivity index (χ4n) is 0.743. The smallest absolute Gasteiger partial charge is 0.0257 e. The van der Waals surface area contributed by atoms with E-state index in [1.807, 2.05) is 44.2 Å². The molecule has 0 heteroatoms. The molecule has 0 N–H and O–H groups in total. The van der Waals surface area contributed by atoms with Crippen LogP contribution in [0.5, 0.6) is 0 Å². The van der Waals surface area contributed by atoms with Crippen molar-refractivity contribution in [3.63, 3.8) is 0 Å². The average molecular weight is 208 g/mol. The summed E-state index contributed by atoms with van der Waals surface area (Å²) in [5.41, 5.74) is 1.21. The second-order valence-corrected chi connectivity index (χ2v) is 2.01. The van der Waals surface area contributed by atoms with Crippen molar-refractivity contribution in [3.8, 4) is 0 Å². The van der Waals surface area contributed by atoms with Gasteiger partial charge in [-0.1, -0.05) is 91.3 Å². The van der Waals surface area contributed by atoms with Crippen molar-refractivity contribution in [2.45, 2.75) is 36.1 Å². The van der Waals surface area contributed by atoms with Crippen molar-refractivity contribution in [1.29, 1.82) is 0 Å². The highest BCUT2D eigenvalue weighted by atomic mass is 13.8. The van der Waals surface area contributed by atoms with Gasteiger partial charge < -0.3 is 0 Å². The van der Waals surface area contributed by atoms with E-state index in [1.165, 1.54) is 5.56 Å². The Morgan fingerprint density at radius 3 is 1.80 bits per heavy atom. The fourth-order valence-corrected chi connectivity index (χ4v) is 0.743. The lowest BCUT2D eigenvalue weighted by Gasteiger charge is -1.87. The summed E-state index contributed by atoms with van der Waals surface area (Å²) < 4.78 is 0. The van der Waals surface area contributed by atoms with E-state index < -0.39 is 0 Å². The van der Waals surface area contributed by atoms with Crippen LogP contribution in [0.4, 0.5) is 0 Å². The first-order chi connectivity index (χ1) is 5.93. The van der Waals surface area contributed by atoms with Crippen LogP contribution in [-0.4, -0.2) is 0 Å². The maximum absolute atomic E-state index is 3.59. The molecule has 0 atom stereocenters. The molecule has 0 aliphatic carbocycles. The number of benzene rings is 1. The number of allylic oxidation sites excluding steroid dienone is 2. The van der Waals surface area contributed by atoms with E-state index in [2.05, 4.69) is 18.7 Å². The number of hydrogen-bond donors (Lipinski definition) is 0. The molecule has 0 aliphatic heterocycles. The van der Waals surface area contributed by atoms with Crippen molar-refractivity contribution in [1.82, 2.24) is 0 Å². The zero-order valence-corrected chi connectivity index (χ0v) is 7.83. The largest absolute Gasteiger partial charge is 0.0991 e. The molecule has 1 aromatic rings. The first-order valence-corrected chi connectivity index (χ1v) is 4.27. The molecule has 0 nitrogen and oxygen atoms in total. The highest BCUT2D eigenvalue weighted by Crippen LogP contribution is 1.99. The van der Waals surface area contributed by atoms with Crippen LogP contribution in [0.3, 0.4) is 0 Å². The molecule has 0 aromatic heterocycles. The predicted molar refractivity (Wildman–Crippen MR) is 77.2 cm³/mol. The van der Waals surface area contributed by atoms with Crippen LogP contribution in [0.2, 0.25) is 0 Å². The molecule has 0 bridgehead atoms. The van der Waals surface area contributed by atoms with Gasteiger partial charge in [-0.25, -0.2) is 0 Å². The maximum atomic E-state index is 3.59. The van der Waals surface area contributed by atoms with E-state index in [0.717, 1.165) is 0 Å². The molecular formula is C15H28. The normalized spacial score (nSPS) is 7.07. The Morgan fingerprint density at radius 1 is 0.933 bits per heavy atom. The van der Waals surface area contributed by atoms with Crippen LogP contribution in [0, 0.1) is 0 Å². The lowest BCUT2D eigenvalue weighted by Crippen LogP contribution is -1.65. The van der Waals surface area contributed by atoms with Gasteiger partial charge in [0.15, 0.2) is 0 Å². The molecule has 0 unspecified atom stereocenters. The van der Waals surface area contributed by atoms with E-state index in [4.69, 9.17) is 0 Å². The third-order valence-corrected chi connectivity index (χ3v) is 1.22. The molecular weight excluding hydrogens is 180 g/mol. The molecule has 0 fully saturated rings. The molecule has 0 heterocycles. The summed E-state index contributed by atoms with van der Waals surface area (Å²) in [4.78, 5) is 0. The van der Waals surface area contributed by atoms with Crippen LogP contribution in [0.15, 0.2) is 49.1 Å². The Labute approximate surface area is 97.4 Å². The minimum Gasteiger partial charge on any atom is -0.0991 e. The van der Waals surface area contributed by atoms with Crippen molar-refractivity contribution in [3.05, 3.63) is 54.6 Å². The minimum absolute atomic E-state index is 0. The van der Waals surface area contributed by atoms with Crippen LogP contribution in [0.1, 0.15) is 41.7 Å². The Balaban J connectivity index is -0.000000114. The summed E-state index contributed by atoms with van der Waals surface area (Å²) in [5, 5.41) is 0. The van der Waals surface area contributed by atoms with Gasteiger partial charge in [-0.3, -0.25) is 0 Å². The summed E-state index contributed by atoms with van der Waals surface area (Å²) in [5.74, 6) is 0. The third-order valence-electron chi connectivity index (χ3n) is 1.22. The summed E-state index contributed by atoms with van der Waals surface area (Å²) in [6.07, 6.45) is 5.72. The van der Waals surface area contributed by atoms with Gasteiger partial charge >= 0.3 is 0 Å². The summed E-state index contributed by atoms with van der Waals surface area (Å²) >= 11 is 0. The maximum Gasteiger partial charge on any atom is -0.0257 e. The first-order valence-electron chi connectivity index (χ1n) is 4.27. The standard InChI is InChI=1S/C10H10.C2H6.3CH4/c1-2-3-7-10-8-5-4-6-9-10;1-2;;;/h2-9H,1H2;1-2H3;3*1H4. The van der Waals surface area contributed by atoms with Crippen LogP contribution >= 0.6 is 0 Å². The lowest BCUT2D eigenvalue weighted by atomic mass is 10.2. The topological polar surface area (TPSA) is 0 Å². The quantitative estimate of drug-likeness (QED) is 0.537.